The van der Waals surface area contributed by atoms with Gasteiger partial charge < -0.3 is 9.47 Å². The van der Waals surface area contributed by atoms with Crippen LogP contribution in [-0.4, -0.2) is 19.9 Å². The first-order chi connectivity index (χ1) is 51.0. The molecule has 0 atom stereocenters. The van der Waals surface area contributed by atoms with Gasteiger partial charge >= 0.3 is 0 Å². The number of nitrogens with zero attached hydrogens (tertiary/aromatic N) is 4. The molecule has 14 aromatic carbocycles. The molecule has 0 radical (unpaired) electrons. The number of rotatable bonds is 9. The van der Waals surface area contributed by atoms with Crippen LogP contribution < -0.4 is 9.47 Å². The van der Waals surface area contributed by atoms with E-state index in [0.717, 1.165) is 144 Å². The number of thiophene rings is 1. The summed E-state index contributed by atoms with van der Waals surface area (Å²) < 4.78 is 14.1. The van der Waals surface area contributed by atoms with Gasteiger partial charge in [-0.15, -0.1) is 11.3 Å². The Kier molecular flexibility index (Phi) is 13.2. The van der Waals surface area contributed by atoms with Gasteiger partial charge in [-0.1, -0.05) is 279 Å². The molecule has 0 N–H and O–H groups in total. The second-order valence-corrected chi connectivity index (χ2v) is 28.1. The highest BCUT2D eigenvalue weighted by molar-refractivity contribution is 7.18. The fourth-order valence-corrected chi connectivity index (χ4v) is 17.9. The van der Waals surface area contributed by atoms with Gasteiger partial charge in [0.1, 0.15) is 23.0 Å². The van der Waals surface area contributed by atoms with E-state index in [-0.39, 0.29) is 0 Å². The number of fused-ring (bicyclic) bond motifs is 19. The van der Waals surface area contributed by atoms with Crippen LogP contribution in [0, 0.1) is 0 Å². The fraction of sp³-hybridized carbons (Fsp3) is 0.0208. The third-order valence-electron chi connectivity index (χ3n) is 21.5. The molecule has 21 rings (SSSR count). The summed E-state index contributed by atoms with van der Waals surface area (Å²) in [6.45, 7) is 0. The SMILES string of the molecule is c1ccc(-c2cc(-c3ccccc3)nc(-c3ccc(-c4ccc5c(c4)C4(c6cc(-c7ccc(-c8cc(-c9ccccc9)nc(-c9c(-c%10ccc%11c(c%10)C%10(c%12ccccc%12O%11)c%11ccccc%11-c%11ccccc%11%10)ccc%10ccccc9%10)n8)cc7)ccc6O5)c5ccccc5-c5ccccc54)s3)n2)cc1. The Balaban J connectivity index is 0.682. The van der Waals surface area contributed by atoms with Gasteiger partial charge in [-0.2, -0.15) is 0 Å². The molecule has 0 amide bonds. The van der Waals surface area contributed by atoms with Gasteiger partial charge in [-0.3, -0.25) is 0 Å². The van der Waals surface area contributed by atoms with Crippen LogP contribution in [0.5, 0.6) is 23.0 Å². The molecule has 103 heavy (non-hydrogen) atoms. The summed E-state index contributed by atoms with van der Waals surface area (Å²) in [6.07, 6.45) is 0. The lowest BCUT2D eigenvalue weighted by atomic mass is 9.65. The fourth-order valence-electron chi connectivity index (χ4n) is 17.0. The highest BCUT2D eigenvalue weighted by Crippen LogP contribution is 2.65. The van der Waals surface area contributed by atoms with Crippen molar-refractivity contribution in [3.8, 4) is 145 Å². The molecule has 5 heterocycles. The molecule has 3 aromatic heterocycles. The third-order valence-corrected chi connectivity index (χ3v) is 22.7. The van der Waals surface area contributed by atoms with E-state index in [9.17, 15) is 0 Å². The smallest absolute Gasteiger partial charge is 0.170 e. The molecule has 0 unspecified atom stereocenters. The first kappa shape index (κ1) is 58.7. The highest BCUT2D eigenvalue weighted by Gasteiger charge is 2.53. The first-order valence-corrected chi connectivity index (χ1v) is 35.8. The summed E-state index contributed by atoms with van der Waals surface area (Å²) >= 11 is 1.71. The van der Waals surface area contributed by atoms with Crippen LogP contribution in [-0.2, 0) is 10.8 Å². The molecule has 0 saturated carbocycles. The van der Waals surface area contributed by atoms with Crippen molar-refractivity contribution in [2.45, 2.75) is 10.8 Å². The average Bonchev–Trinajstić information content (AvgIpc) is 1.56. The van der Waals surface area contributed by atoms with E-state index in [0.29, 0.717) is 11.6 Å². The largest absolute Gasteiger partial charge is 0.457 e. The van der Waals surface area contributed by atoms with E-state index in [1.165, 1.54) is 44.5 Å². The number of hydrogen-bond acceptors (Lipinski definition) is 7. The number of aromatic nitrogens is 4. The van der Waals surface area contributed by atoms with E-state index in [2.05, 4.69) is 340 Å². The lowest BCUT2D eigenvalue weighted by Crippen LogP contribution is -2.32. The number of ether oxygens (including phenoxy) is 2. The molecule has 7 heteroatoms. The molecule has 0 fully saturated rings. The van der Waals surface area contributed by atoms with Crippen molar-refractivity contribution in [1.82, 2.24) is 19.9 Å². The molecular weight excluding hydrogens is 1270 g/mol. The van der Waals surface area contributed by atoms with Gasteiger partial charge in [-0.25, -0.2) is 19.9 Å². The van der Waals surface area contributed by atoms with E-state index < -0.39 is 10.8 Å². The normalized spacial score (nSPS) is 13.4. The van der Waals surface area contributed by atoms with Crippen LogP contribution in [0.2, 0.25) is 0 Å². The molecule has 2 spiro atoms. The Labute approximate surface area is 599 Å². The number of para-hydroxylation sites is 1. The van der Waals surface area contributed by atoms with Gasteiger partial charge in [0.2, 0.25) is 0 Å². The molecule has 2 aliphatic heterocycles. The quantitative estimate of drug-likeness (QED) is 0.143. The third kappa shape index (κ3) is 9.06. The van der Waals surface area contributed by atoms with Gasteiger partial charge in [0.05, 0.1) is 38.5 Å². The predicted octanol–water partition coefficient (Wildman–Crippen LogP) is 24.4. The van der Waals surface area contributed by atoms with Crippen molar-refractivity contribution < 1.29 is 9.47 Å². The maximum Gasteiger partial charge on any atom is 0.170 e. The van der Waals surface area contributed by atoms with Crippen molar-refractivity contribution in [2.24, 2.45) is 0 Å². The first-order valence-electron chi connectivity index (χ1n) is 35.0. The van der Waals surface area contributed by atoms with Gasteiger partial charge in [-0.05, 0) is 156 Å². The average molecular weight is 1330 g/mol. The van der Waals surface area contributed by atoms with Crippen LogP contribution >= 0.6 is 11.3 Å². The summed E-state index contributed by atoms with van der Waals surface area (Å²) in [7, 11) is 0. The van der Waals surface area contributed by atoms with Crippen LogP contribution in [0.1, 0.15) is 44.5 Å². The number of hydrogen-bond donors (Lipinski definition) is 0. The molecule has 0 bridgehead atoms. The Morgan fingerprint density at radius 3 is 1.13 bits per heavy atom. The van der Waals surface area contributed by atoms with E-state index in [1.54, 1.807) is 11.3 Å². The van der Waals surface area contributed by atoms with Crippen molar-refractivity contribution in [3.05, 3.63) is 396 Å². The molecule has 2 aliphatic carbocycles. The van der Waals surface area contributed by atoms with Crippen molar-refractivity contribution in [1.29, 1.82) is 0 Å². The van der Waals surface area contributed by atoms with Gasteiger partial charge in [0.15, 0.2) is 11.6 Å². The maximum absolute atomic E-state index is 7.14. The lowest BCUT2D eigenvalue weighted by molar-refractivity contribution is 0.436. The zero-order chi connectivity index (χ0) is 67.7. The molecule has 17 aromatic rings. The molecular formula is C96H58N4O2S. The zero-order valence-electron chi connectivity index (χ0n) is 55.5. The minimum Gasteiger partial charge on any atom is -0.457 e. The van der Waals surface area contributed by atoms with E-state index in [1.807, 2.05) is 12.1 Å². The van der Waals surface area contributed by atoms with Gasteiger partial charge in [0.25, 0.3) is 0 Å². The predicted molar refractivity (Wildman–Crippen MR) is 417 cm³/mol. The van der Waals surface area contributed by atoms with Crippen LogP contribution in [0.15, 0.2) is 352 Å². The minimum absolute atomic E-state index is 0.634. The van der Waals surface area contributed by atoms with Crippen molar-refractivity contribution in [2.75, 3.05) is 0 Å². The molecule has 4 aliphatic rings. The summed E-state index contributed by atoms with van der Waals surface area (Å²) in [5.41, 5.74) is 26.6. The van der Waals surface area contributed by atoms with Crippen molar-refractivity contribution in [3.63, 3.8) is 0 Å². The number of benzene rings is 14. The van der Waals surface area contributed by atoms with Crippen LogP contribution in [0.25, 0.3) is 133 Å². The zero-order valence-corrected chi connectivity index (χ0v) is 56.3. The maximum atomic E-state index is 7.14. The lowest BCUT2D eigenvalue weighted by Gasteiger charge is -2.40. The standard InChI is InChI=1S/C96H58N4O2S/c1-4-23-61(24-5-1)82-57-83(62-25-6-2-7-26-62)98-93(97-82)91-53-52-90(103-91)67-47-51-89-81(56-67)96(76-36-18-14-32-72(76)73-33-15-19-37-77(73)96)79-54-65(45-49-87(79)102-89)59-40-42-64(43-41-59)85-58-84(63-27-8-3-9-28-63)99-94(100-85)92-68-29-11-10-22-60(68)44-48-69(92)66-46-50-88-80(55-66)95(78-38-20-21-39-86(78)101-88)74-34-16-12-30-70(74)71-31-13-17-35-75(71)95/h1-58H. The van der Waals surface area contributed by atoms with E-state index >= 15 is 0 Å². The summed E-state index contributed by atoms with van der Waals surface area (Å²) in [5.74, 6) is 4.68. The second-order valence-electron chi connectivity index (χ2n) is 27.0. The molecule has 0 saturated heterocycles. The molecule has 480 valence electrons. The highest BCUT2D eigenvalue weighted by atomic mass is 32.1. The van der Waals surface area contributed by atoms with Crippen LogP contribution in [0.3, 0.4) is 0 Å². The van der Waals surface area contributed by atoms with E-state index in [4.69, 9.17) is 29.4 Å². The summed E-state index contributed by atoms with van der Waals surface area (Å²) in [6, 6.07) is 126. The van der Waals surface area contributed by atoms with Crippen LogP contribution in [0.4, 0.5) is 0 Å². The Hall–Kier alpha value is -13.2. The monoisotopic (exact) mass is 1330 g/mol. The van der Waals surface area contributed by atoms with Crippen molar-refractivity contribution >= 4 is 22.1 Å². The summed E-state index contributed by atoms with van der Waals surface area (Å²) in [4.78, 5) is 23.8. The summed E-state index contributed by atoms with van der Waals surface area (Å²) in [5, 5.41) is 2.16. The molecule has 6 nitrogen and oxygen atoms in total. The second kappa shape index (κ2) is 23.2. The van der Waals surface area contributed by atoms with Gasteiger partial charge in [0, 0.05) is 54.9 Å². The minimum atomic E-state index is -0.724. The Bertz CT molecular complexity index is 6170. The Morgan fingerprint density at radius 1 is 0.223 bits per heavy atom. The topological polar surface area (TPSA) is 70.0 Å². The Morgan fingerprint density at radius 2 is 0.592 bits per heavy atom.